The molecule has 30 heavy (non-hydrogen) atoms. The van der Waals surface area contributed by atoms with Gasteiger partial charge in [-0.1, -0.05) is 35.9 Å². The van der Waals surface area contributed by atoms with Gasteiger partial charge in [-0.3, -0.25) is 9.59 Å². The molecule has 0 saturated heterocycles. The van der Waals surface area contributed by atoms with Crippen LogP contribution in [-0.2, 0) is 15.8 Å². The maximum Gasteiger partial charge on any atom is 0.418 e. The van der Waals surface area contributed by atoms with Crippen LogP contribution in [0.25, 0.3) is 11.1 Å². The van der Waals surface area contributed by atoms with Gasteiger partial charge in [0.25, 0.3) is 5.91 Å². The monoisotopic (exact) mass is 434 g/mol. The summed E-state index contributed by atoms with van der Waals surface area (Å²) in [5.41, 5.74) is 0.0235. The van der Waals surface area contributed by atoms with Crippen molar-refractivity contribution in [2.45, 2.75) is 18.6 Å². The van der Waals surface area contributed by atoms with E-state index < -0.39 is 29.6 Å². The van der Waals surface area contributed by atoms with Crippen molar-refractivity contribution in [1.82, 2.24) is 9.78 Å². The van der Waals surface area contributed by atoms with Crippen LogP contribution in [-0.4, -0.2) is 21.6 Å². The van der Waals surface area contributed by atoms with Crippen molar-refractivity contribution in [3.8, 4) is 11.1 Å². The average molecular weight is 435 g/mol. The maximum absolute atomic E-state index is 13.1. The second-order valence-corrected chi connectivity index (χ2v) is 7.10. The lowest BCUT2D eigenvalue weighted by Crippen LogP contribution is -2.24. The molecule has 0 bridgehead atoms. The summed E-state index contributed by atoms with van der Waals surface area (Å²) in [6.07, 6.45) is -3.46. The molecule has 1 aromatic heterocycles. The highest BCUT2D eigenvalue weighted by Crippen LogP contribution is 2.37. The van der Waals surface area contributed by atoms with Crippen LogP contribution < -0.4 is 10.6 Å². The van der Waals surface area contributed by atoms with Crippen molar-refractivity contribution < 1.29 is 22.8 Å². The zero-order chi connectivity index (χ0) is 21.5. The van der Waals surface area contributed by atoms with Crippen molar-refractivity contribution in [1.29, 1.82) is 0 Å². The molecule has 10 heteroatoms. The smallest absolute Gasteiger partial charge is 0.325 e. The van der Waals surface area contributed by atoms with Gasteiger partial charge in [0.05, 0.1) is 23.9 Å². The number of benzene rings is 2. The number of halogens is 4. The topological polar surface area (TPSA) is 76.0 Å². The number of hydrogen-bond acceptors (Lipinski definition) is 3. The van der Waals surface area contributed by atoms with Crippen molar-refractivity contribution in [3.63, 3.8) is 0 Å². The van der Waals surface area contributed by atoms with Crippen molar-refractivity contribution in [3.05, 3.63) is 65.3 Å². The zero-order valence-corrected chi connectivity index (χ0v) is 16.0. The van der Waals surface area contributed by atoms with Crippen LogP contribution in [0.4, 0.5) is 24.7 Å². The number of nitrogens with one attached hydrogen (secondary N) is 2. The number of nitrogens with zero attached hydrogens (tertiary/aromatic N) is 2. The van der Waals surface area contributed by atoms with E-state index in [0.717, 1.165) is 17.7 Å². The fraction of sp³-hybridized carbons (Fsp3) is 0.150. The maximum atomic E-state index is 13.1. The summed E-state index contributed by atoms with van der Waals surface area (Å²) in [5.74, 6) is -0.809. The standard InChI is InChI=1S/C20H14ClF3N4O2/c21-12-5-3-4-11(8-12)13-10-25-28-16(19(30)27-18(13)28)9-17(29)26-15-7-2-1-6-14(15)20(22,23)24/h1-8,10,16H,9H2,(H,26,29)(H,27,30). The highest BCUT2D eigenvalue weighted by molar-refractivity contribution is 6.30. The third-order valence-corrected chi connectivity index (χ3v) is 4.89. The number of anilines is 2. The lowest BCUT2D eigenvalue weighted by atomic mass is 10.1. The average Bonchev–Trinajstić information content (AvgIpc) is 3.21. The first-order chi connectivity index (χ1) is 14.2. The van der Waals surface area contributed by atoms with Crippen LogP contribution in [0.3, 0.4) is 0 Å². The predicted molar refractivity (Wildman–Crippen MR) is 105 cm³/mol. The molecule has 6 nitrogen and oxygen atoms in total. The molecular formula is C20H14ClF3N4O2. The van der Waals surface area contributed by atoms with Crippen LogP contribution in [0.5, 0.6) is 0 Å². The van der Waals surface area contributed by atoms with E-state index in [-0.39, 0.29) is 12.1 Å². The van der Waals surface area contributed by atoms with E-state index in [0.29, 0.717) is 16.4 Å². The van der Waals surface area contributed by atoms with Gasteiger partial charge in [-0.05, 0) is 29.8 Å². The molecule has 0 radical (unpaired) electrons. The number of hydrogen-bond donors (Lipinski definition) is 2. The van der Waals surface area contributed by atoms with Crippen LogP contribution in [0.1, 0.15) is 18.0 Å². The van der Waals surface area contributed by atoms with E-state index in [9.17, 15) is 22.8 Å². The zero-order valence-electron chi connectivity index (χ0n) is 15.2. The van der Waals surface area contributed by atoms with Crippen LogP contribution in [0.2, 0.25) is 5.02 Å². The number of alkyl halides is 3. The molecule has 0 spiro atoms. The third kappa shape index (κ3) is 3.76. The minimum absolute atomic E-state index is 0.367. The number of carbonyl (C=O) groups is 2. The van der Waals surface area contributed by atoms with Gasteiger partial charge in [-0.25, -0.2) is 4.68 Å². The second kappa shape index (κ2) is 7.49. The molecule has 2 N–H and O–H groups in total. The lowest BCUT2D eigenvalue weighted by Gasteiger charge is -2.14. The van der Waals surface area contributed by atoms with Crippen LogP contribution in [0.15, 0.2) is 54.7 Å². The molecule has 0 fully saturated rings. The van der Waals surface area contributed by atoms with E-state index in [2.05, 4.69) is 15.7 Å². The Balaban J connectivity index is 1.55. The van der Waals surface area contributed by atoms with E-state index in [1.807, 2.05) is 0 Å². The summed E-state index contributed by atoms with van der Waals surface area (Å²) < 4.78 is 40.7. The first-order valence-corrected chi connectivity index (χ1v) is 9.22. The first kappa shape index (κ1) is 20.0. The Kier molecular flexibility index (Phi) is 4.98. The molecule has 0 saturated carbocycles. The Morgan fingerprint density at radius 1 is 1.20 bits per heavy atom. The molecule has 0 aliphatic carbocycles. The van der Waals surface area contributed by atoms with Crippen molar-refractivity contribution in [2.24, 2.45) is 0 Å². The molecular weight excluding hydrogens is 421 g/mol. The highest BCUT2D eigenvalue weighted by atomic mass is 35.5. The van der Waals surface area contributed by atoms with E-state index in [1.165, 1.54) is 23.0 Å². The van der Waals surface area contributed by atoms with E-state index in [4.69, 9.17) is 11.6 Å². The Hall–Kier alpha value is -3.33. The fourth-order valence-corrected chi connectivity index (χ4v) is 3.49. The van der Waals surface area contributed by atoms with E-state index in [1.54, 1.807) is 24.3 Å². The number of rotatable bonds is 4. The molecule has 1 unspecified atom stereocenters. The largest absolute Gasteiger partial charge is 0.418 e. The van der Waals surface area contributed by atoms with Crippen molar-refractivity contribution in [2.75, 3.05) is 10.6 Å². The summed E-state index contributed by atoms with van der Waals surface area (Å²) in [6.45, 7) is 0. The fourth-order valence-electron chi connectivity index (χ4n) is 3.30. The summed E-state index contributed by atoms with van der Waals surface area (Å²) in [7, 11) is 0. The molecule has 2 aromatic carbocycles. The molecule has 154 valence electrons. The van der Waals surface area contributed by atoms with Gasteiger partial charge >= 0.3 is 6.18 Å². The molecule has 1 atom stereocenters. The van der Waals surface area contributed by atoms with Crippen LogP contribution in [0, 0.1) is 0 Å². The second-order valence-electron chi connectivity index (χ2n) is 6.66. The Morgan fingerprint density at radius 3 is 2.70 bits per heavy atom. The molecule has 4 rings (SSSR count). The van der Waals surface area contributed by atoms with Gasteiger partial charge in [0.1, 0.15) is 11.9 Å². The molecule has 1 aliphatic heterocycles. The quantitative estimate of drug-likeness (QED) is 0.622. The summed E-state index contributed by atoms with van der Waals surface area (Å²) in [4.78, 5) is 24.8. The van der Waals surface area contributed by atoms with Gasteiger partial charge in [-0.2, -0.15) is 18.3 Å². The lowest BCUT2D eigenvalue weighted by molar-refractivity contribution is -0.137. The predicted octanol–water partition coefficient (Wildman–Crippen LogP) is 4.74. The number of carbonyl (C=O) groups excluding carboxylic acids is 2. The minimum atomic E-state index is -4.62. The third-order valence-electron chi connectivity index (χ3n) is 4.66. The van der Waals surface area contributed by atoms with Crippen molar-refractivity contribution >= 4 is 34.9 Å². The molecule has 3 aromatic rings. The van der Waals surface area contributed by atoms with E-state index >= 15 is 0 Å². The summed E-state index contributed by atoms with van der Waals surface area (Å²) in [6, 6.07) is 10.6. The SMILES string of the molecule is O=C(CC1C(=O)Nc2c(-c3cccc(Cl)c3)cnn21)Nc1ccccc1C(F)(F)F. The van der Waals surface area contributed by atoms with Crippen LogP contribution >= 0.6 is 11.6 Å². The Morgan fingerprint density at radius 2 is 1.97 bits per heavy atom. The number of amides is 2. The Bertz CT molecular complexity index is 1140. The highest BCUT2D eigenvalue weighted by Gasteiger charge is 2.36. The normalized spacial score (nSPS) is 15.6. The summed E-state index contributed by atoms with van der Waals surface area (Å²) >= 11 is 6.01. The van der Waals surface area contributed by atoms with Gasteiger partial charge in [-0.15, -0.1) is 0 Å². The van der Waals surface area contributed by atoms with Gasteiger partial charge in [0.15, 0.2) is 0 Å². The van der Waals surface area contributed by atoms with Gasteiger partial charge in [0.2, 0.25) is 5.91 Å². The number of para-hydroxylation sites is 1. The van der Waals surface area contributed by atoms with Gasteiger partial charge in [0, 0.05) is 10.6 Å². The Labute approximate surface area is 173 Å². The first-order valence-electron chi connectivity index (χ1n) is 8.84. The van der Waals surface area contributed by atoms with Gasteiger partial charge < -0.3 is 10.6 Å². The summed E-state index contributed by atoms with van der Waals surface area (Å²) in [5, 5.41) is 9.61. The molecule has 1 aliphatic rings. The molecule has 2 amide bonds. The minimum Gasteiger partial charge on any atom is -0.325 e. The number of aromatic nitrogens is 2. The number of fused-ring (bicyclic) bond motifs is 1. The molecule has 2 heterocycles.